The molecule has 8 nitrogen and oxygen atoms in total. The zero-order valence-corrected chi connectivity index (χ0v) is 20.8. The van der Waals surface area contributed by atoms with E-state index in [1.165, 1.54) is 16.5 Å². The lowest BCUT2D eigenvalue weighted by Crippen LogP contribution is -2.37. The number of amides is 1. The Hall–Kier alpha value is -2.52. The number of hydrogen-bond acceptors (Lipinski definition) is 8. The van der Waals surface area contributed by atoms with Crippen molar-refractivity contribution in [2.24, 2.45) is 5.41 Å². The van der Waals surface area contributed by atoms with Crippen molar-refractivity contribution in [3.63, 3.8) is 0 Å². The first-order valence-electron chi connectivity index (χ1n) is 12.4. The maximum Gasteiger partial charge on any atom is 0.222 e. The minimum Gasteiger partial charge on any atom is -0.378 e. The minimum atomic E-state index is 0.217. The Bertz CT molecular complexity index is 1250. The number of ether oxygens (including phenoxy) is 1. The standard InChI is InChI=1S/C25H32N6O2S/c1-25(2)13-16-17(14-25)23(31-9-11-33-12-10-31)29-24-19(16)20-21(34-24)22(28-15-27-20)26-6-4-8-30-7-3-5-18(30)32/h15H,3-14H2,1-2H3,(H,26,27,28). The molecule has 34 heavy (non-hydrogen) atoms. The third kappa shape index (κ3) is 3.88. The van der Waals surface area contributed by atoms with Gasteiger partial charge in [0.1, 0.15) is 22.8 Å². The molecule has 0 unspecified atom stereocenters. The van der Waals surface area contributed by atoms with E-state index < -0.39 is 0 Å². The fourth-order valence-electron chi connectivity index (χ4n) is 5.68. The Kier molecular flexibility index (Phi) is 5.56. The van der Waals surface area contributed by atoms with Crippen LogP contribution in [0, 0.1) is 5.41 Å². The van der Waals surface area contributed by atoms with E-state index in [4.69, 9.17) is 14.7 Å². The molecule has 5 heterocycles. The van der Waals surface area contributed by atoms with Gasteiger partial charge in [-0.25, -0.2) is 15.0 Å². The van der Waals surface area contributed by atoms with Crippen LogP contribution in [0.1, 0.15) is 44.2 Å². The number of thiophene rings is 1. The Labute approximate surface area is 203 Å². The summed E-state index contributed by atoms with van der Waals surface area (Å²) in [5.41, 5.74) is 4.04. The molecule has 0 saturated carbocycles. The van der Waals surface area contributed by atoms with E-state index in [0.717, 1.165) is 98.3 Å². The number of morpholine rings is 1. The zero-order chi connectivity index (χ0) is 23.3. The summed E-state index contributed by atoms with van der Waals surface area (Å²) in [7, 11) is 0. The molecule has 1 amide bonds. The molecule has 2 fully saturated rings. The second-order valence-electron chi connectivity index (χ2n) is 10.5. The normalized spacial score (nSPS) is 20.0. The van der Waals surface area contributed by atoms with Crippen LogP contribution in [0.15, 0.2) is 6.33 Å². The highest BCUT2D eigenvalue weighted by Gasteiger charge is 2.35. The van der Waals surface area contributed by atoms with Gasteiger partial charge in [-0.1, -0.05) is 13.8 Å². The third-order valence-electron chi connectivity index (χ3n) is 7.29. The molecule has 1 N–H and O–H groups in total. The summed E-state index contributed by atoms with van der Waals surface area (Å²) in [5.74, 6) is 2.30. The first-order chi connectivity index (χ1) is 16.5. The molecule has 0 bridgehead atoms. The van der Waals surface area contributed by atoms with Gasteiger partial charge in [0.25, 0.3) is 0 Å². The summed E-state index contributed by atoms with van der Waals surface area (Å²) in [6.45, 7) is 10.5. The van der Waals surface area contributed by atoms with Crippen LogP contribution in [0.3, 0.4) is 0 Å². The zero-order valence-electron chi connectivity index (χ0n) is 20.0. The van der Waals surface area contributed by atoms with Gasteiger partial charge in [-0.3, -0.25) is 4.79 Å². The number of rotatable bonds is 6. The summed E-state index contributed by atoms with van der Waals surface area (Å²) in [5, 5.41) is 4.73. The number of carbonyl (C=O) groups is 1. The van der Waals surface area contributed by atoms with Crippen molar-refractivity contribution in [3.05, 3.63) is 17.5 Å². The number of hydrogen-bond donors (Lipinski definition) is 1. The Balaban J connectivity index is 1.34. The molecule has 2 saturated heterocycles. The molecule has 1 aliphatic carbocycles. The molecule has 3 aromatic heterocycles. The molecule has 3 aliphatic rings. The lowest BCUT2D eigenvalue weighted by atomic mass is 9.90. The summed E-state index contributed by atoms with van der Waals surface area (Å²) in [4.78, 5) is 31.8. The molecule has 0 aromatic carbocycles. The van der Waals surface area contributed by atoms with Crippen molar-refractivity contribution in [3.8, 4) is 0 Å². The maximum absolute atomic E-state index is 11.9. The average Bonchev–Trinajstić information content (AvgIpc) is 3.50. The molecular formula is C25H32N6O2S. The summed E-state index contributed by atoms with van der Waals surface area (Å²) in [6.07, 6.45) is 6.35. The Morgan fingerprint density at radius 3 is 2.76 bits per heavy atom. The smallest absolute Gasteiger partial charge is 0.222 e. The molecule has 180 valence electrons. The second kappa shape index (κ2) is 8.61. The van der Waals surface area contributed by atoms with Crippen LogP contribution < -0.4 is 10.2 Å². The van der Waals surface area contributed by atoms with Crippen molar-refractivity contribution < 1.29 is 9.53 Å². The van der Waals surface area contributed by atoms with E-state index >= 15 is 0 Å². The number of carbonyl (C=O) groups excluding carboxylic acids is 1. The second-order valence-corrected chi connectivity index (χ2v) is 11.5. The van der Waals surface area contributed by atoms with Gasteiger partial charge in [0.05, 0.1) is 23.4 Å². The van der Waals surface area contributed by atoms with Crippen molar-refractivity contribution in [2.45, 2.75) is 46.0 Å². The topological polar surface area (TPSA) is 83.5 Å². The predicted octanol–water partition coefficient (Wildman–Crippen LogP) is 3.63. The number of nitrogens with one attached hydrogen (secondary N) is 1. The van der Waals surface area contributed by atoms with Gasteiger partial charge < -0.3 is 19.9 Å². The van der Waals surface area contributed by atoms with Crippen LogP contribution >= 0.6 is 11.3 Å². The van der Waals surface area contributed by atoms with Crippen LogP contribution in [0.4, 0.5) is 11.6 Å². The number of anilines is 2. The van der Waals surface area contributed by atoms with Crippen molar-refractivity contribution >= 4 is 49.3 Å². The molecule has 3 aromatic rings. The van der Waals surface area contributed by atoms with Crippen molar-refractivity contribution in [1.82, 2.24) is 19.9 Å². The van der Waals surface area contributed by atoms with Crippen LogP contribution in [-0.2, 0) is 22.4 Å². The highest BCUT2D eigenvalue weighted by Crippen LogP contribution is 2.47. The quantitative estimate of drug-likeness (QED) is 0.540. The third-order valence-corrected chi connectivity index (χ3v) is 8.37. The summed E-state index contributed by atoms with van der Waals surface area (Å²) in [6, 6.07) is 0. The van der Waals surface area contributed by atoms with Gasteiger partial charge in [-0.2, -0.15) is 0 Å². The van der Waals surface area contributed by atoms with Gasteiger partial charge in [0.2, 0.25) is 5.91 Å². The molecule has 0 atom stereocenters. The van der Waals surface area contributed by atoms with Gasteiger partial charge in [0.15, 0.2) is 0 Å². The van der Waals surface area contributed by atoms with Crippen LogP contribution in [0.2, 0.25) is 0 Å². The molecule has 6 rings (SSSR count). The monoisotopic (exact) mass is 480 g/mol. The lowest BCUT2D eigenvalue weighted by molar-refractivity contribution is -0.127. The van der Waals surface area contributed by atoms with E-state index in [1.807, 2.05) is 4.90 Å². The fraction of sp³-hybridized carbons (Fsp3) is 0.600. The van der Waals surface area contributed by atoms with E-state index in [9.17, 15) is 4.79 Å². The number of pyridine rings is 1. The molecular weight excluding hydrogens is 448 g/mol. The van der Waals surface area contributed by atoms with Crippen LogP contribution in [0.5, 0.6) is 0 Å². The molecule has 0 radical (unpaired) electrons. The number of aromatic nitrogens is 3. The number of nitrogens with zero attached hydrogens (tertiary/aromatic N) is 5. The van der Waals surface area contributed by atoms with Crippen molar-refractivity contribution in [1.29, 1.82) is 0 Å². The predicted molar refractivity (Wildman–Crippen MR) is 136 cm³/mol. The van der Waals surface area contributed by atoms with Gasteiger partial charge >= 0.3 is 0 Å². The number of fused-ring (bicyclic) bond motifs is 5. The maximum atomic E-state index is 11.9. The largest absolute Gasteiger partial charge is 0.378 e. The van der Waals surface area contributed by atoms with Gasteiger partial charge in [-0.15, -0.1) is 11.3 Å². The summed E-state index contributed by atoms with van der Waals surface area (Å²) < 4.78 is 6.68. The van der Waals surface area contributed by atoms with E-state index in [0.29, 0.717) is 6.42 Å². The minimum absolute atomic E-state index is 0.217. The Morgan fingerprint density at radius 2 is 1.97 bits per heavy atom. The van der Waals surface area contributed by atoms with Gasteiger partial charge in [-0.05, 0) is 42.2 Å². The molecule has 2 aliphatic heterocycles. The SMILES string of the molecule is CC1(C)Cc2c(N3CCOCC3)nc3sc4c(NCCCN5CCCC5=O)ncnc4c3c2C1. The average molecular weight is 481 g/mol. The van der Waals surface area contributed by atoms with E-state index in [-0.39, 0.29) is 11.3 Å². The Morgan fingerprint density at radius 1 is 1.15 bits per heavy atom. The highest BCUT2D eigenvalue weighted by atomic mass is 32.1. The van der Waals surface area contributed by atoms with Crippen LogP contribution in [-0.4, -0.2) is 71.7 Å². The first kappa shape index (κ1) is 22.0. The molecule has 9 heteroatoms. The van der Waals surface area contributed by atoms with E-state index in [1.54, 1.807) is 17.7 Å². The lowest BCUT2D eigenvalue weighted by Gasteiger charge is -2.29. The van der Waals surface area contributed by atoms with Crippen LogP contribution in [0.25, 0.3) is 20.4 Å². The summed E-state index contributed by atoms with van der Waals surface area (Å²) >= 11 is 1.70. The highest BCUT2D eigenvalue weighted by molar-refractivity contribution is 7.26. The fourth-order valence-corrected chi connectivity index (χ4v) is 6.80. The molecule has 0 spiro atoms. The first-order valence-corrected chi connectivity index (χ1v) is 13.3. The number of likely N-dealkylation sites (tertiary alicyclic amines) is 1. The van der Waals surface area contributed by atoms with E-state index in [2.05, 4.69) is 29.0 Å². The van der Waals surface area contributed by atoms with Gasteiger partial charge in [0, 0.05) is 44.5 Å². The van der Waals surface area contributed by atoms with Crippen molar-refractivity contribution in [2.75, 3.05) is 56.2 Å².